The normalized spacial score (nSPS) is 20.2. The fourth-order valence-electron chi connectivity index (χ4n) is 3.63. The fourth-order valence-corrected chi connectivity index (χ4v) is 3.63. The van der Waals surface area contributed by atoms with Gasteiger partial charge in [-0.2, -0.15) is 0 Å². The standard InChI is InChI=1S/C20H20N2O3/c1-25-15-5-2-4-13(10-15)19-11-14(23)12-22(19)20(24)17-6-3-7-18-16(17)8-9-21-18/h2-10,14,19,21,23H,11-12H2,1H3/t14-,19+/m1/s1. The van der Waals surface area contributed by atoms with Crippen LogP contribution in [0.1, 0.15) is 28.4 Å². The summed E-state index contributed by atoms with van der Waals surface area (Å²) in [5.41, 5.74) is 2.56. The Labute approximate surface area is 145 Å². The van der Waals surface area contributed by atoms with Crippen LogP contribution in [-0.2, 0) is 0 Å². The number of benzene rings is 2. The molecule has 0 unspecified atom stereocenters. The quantitative estimate of drug-likeness (QED) is 0.772. The van der Waals surface area contributed by atoms with E-state index in [0.29, 0.717) is 18.5 Å². The van der Waals surface area contributed by atoms with Crippen molar-refractivity contribution < 1.29 is 14.6 Å². The molecule has 2 atom stereocenters. The number of rotatable bonds is 3. The lowest BCUT2D eigenvalue weighted by Crippen LogP contribution is -2.31. The van der Waals surface area contributed by atoms with Gasteiger partial charge in [0.25, 0.3) is 5.91 Å². The smallest absolute Gasteiger partial charge is 0.255 e. The van der Waals surface area contributed by atoms with Gasteiger partial charge in [-0.15, -0.1) is 0 Å². The van der Waals surface area contributed by atoms with Gasteiger partial charge in [-0.25, -0.2) is 0 Å². The second-order valence-corrected chi connectivity index (χ2v) is 6.38. The van der Waals surface area contributed by atoms with Crippen molar-refractivity contribution in [2.45, 2.75) is 18.6 Å². The van der Waals surface area contributed by atoms with Crippen molar-refractivity contribution in [3.8, 4) is 5.75 Å². The minimum atomic E-state index is -0.523. The number of carbonyl (C=O) groups is 1. The maximum absolute atomic E-state index is 13.2. The van der Waals surface area contributed by atoms with Crippen molar-refractivity contribution in [2.75, 3.05) is 13.7 Å². The van der Waals surface area contributed by atoms with Crippen molar-refractivity contribution in [3.05, 3.63) is 65.9 Å². The number of aliphatic hydroxyl groups excluding tert-OH is 1. The molecule has 2 aromatic carbocycles. The Morgan fingerprint density at radius 2 is 2.08 bits per heavy atom. The Morgan fingerprint density at radius 3 is 2.92 bits per heavy atom. The highest BCUT2D eigenvalue weighted by Gasteiger charge is 2.36. The van der Waals surface area contributed by atoms with Crippen molar-refractivity contribution in [3.63, 3.8) is 0 Å². The molecule has 5 heteroatoms. The number of H-pyrrole nitrogens is 1. The number of aliphatic hydroxyl groups is 1. The number of aromatic amines is 1. The molecule has 0 spiro atoms. The van der Waals surface area contributed by atoms with Crippen molar-refractivity contribution in [2.24, 2.45) is 0 Å². The fraction of sp³-hybridized carbons (Fsp3) is 0.250. The molecule has 1 amide bonds. The van der Waals surface area contributed by atoms with E-state index in [4.69, 9.17) is 4.74 Å². The topological polar surface area (TPSA) is 65.6 Å². The summed E-state index contributed by atoms with van der Waals surface area (Å²) in [6.45, 7) is 0.335. The first kappa shape index (κ1) is 15.7. The Bertz CT molecular complexity index is 918. The highest BCUT2D eigenvalue weighted by Crippen LogP contribution is 2.35. The van der Waals surface area contributed by atoms with Gasteiger partial charge in [-0.3, -0.25) is 4.79 Å². The van der Waals surface area contributed by atoms with Crippen LogP contribution in [-0.4, -0.2) is 40.7 Å². The maximum atomic E-state index is 13.2. The van der Waals surface area contributed by atoms with Crippen molar-refractivity contribution >= 4 is 16.8 Å². The van der Waals surface area contributed by atoms with Crippen molar-refractivity contribution in [1.29, 1.82) is 0 Å². The van der Waals surface area contributed by atoms with Crippen LogP contribution in [0.5, 0.6) is 5.75 Å². The van der Waals surface area contributed by atoms with E-state index in [0.717, 1.165) is 22.2 Å². The van der Waals surface area contributed by atoms with Gasteiger partial charge in [-0.05, 0) is 42.3 Å². The van der Waals surface area contributed by atoms with Gasteiger partial charge in [-0.1, -0.05) is 18.2 Å². The van der Waals surface area contributed by atoms with E-state index in [1.54, 1.807) is 12.0 Å². The molecule has 1 aliphatic rings. The SMILES string of the molecule is COc1cccc([C@@H]2C[C@@H](O)CN2C(=O)c2cccc3[nH]ccc23)c1. The van der Waals surface area contributed by atoms with E-state index in [1.165, 1.54) is 0 Å². The number of hydrogen-bond acceptors (Lipinski definition) is 3. The number of fused-ring (bicyclic) bond motifs is 1. The number of ether oxygens (including phenoxy) is 1. The third kappa shape index (κ3) is 2.76. The number of amides is 1. The Morgan fingerprint density at radius 1 is 1.24 bits per heavy atom. The van der Waals surface area contributed by atoms with Crippen LogP contribution in [0.4, 0.5) is 0 Å². The zero-order chi connectivity index (χ0) is 17.4. The van der Waals surface area contributed by atoms with Gasteiger partial charge >= 0.3 is 0 Å². The predicted octanol–water partition coefficient (Wildman–Crippen LogP) is 3.12. The number of hydrogen-bond donors (Lipinski definition) is 2. The van der Waals surface area contributed by atoms with Gasteiger partial charge in [0.05, 0.1) is 19.3 Å². The first-order valence-electron chi connectivity index (χ1n) is 8.36. The summed E-state index contributed by atoms with van der Waals surface area (Å²) in [5, 5.41) is 11.1. The molecule has 2 heterocycles. The summed E-state index contributed by atoms with van der Waals surface area (Å²) in [6.07, 6.45) is 1.84. The molecule has 0 aliphatic carbocycles. The number of aromatic nitrogens is 1. The molecule has 1 fully saturated rings. The molecular weight excluding hydrogens is 316 g/mol. The number of nitrogens with one attached hydrogen (secondary N) is 1. The molecule has 3 aromatic rings. The summed E-state index contributed by atoms with van der Waals surface area (Å²) < 4.78 is 5.30. The van der Waals surface area contributed by atoms with Gasteiger partial charge in [0.2, 0.25) is 0 Å². The van der Waals surface area contributed by atoms with E-state index in [1.807, 2.05) is 54.7 Å². The van der Waals surface area contributed by atoms with Crippen molar-refractivity contribution in [1.82, 2.24) is 9.88 Å². The highest BCUT2D eigenvalue weighted by atomic mass is 16.5. The molecule has 1 aromatic heterocycles. The van der Waals surface area contributed by atoms with E-state index in [9.17, 15) is 9.90 Å². The highest BCUT2D eigenvalue weighted by molar-refractivity contribution is 6.06. The summed E-state index contributed by atoms with van der Waals surface area (Å²) in [6, 6.07) is 15.1. The van der Waals surface area contributed by atoms with E-state index in [-0.39, 0.29) is 11.9 Å². The molecule has 0 saturated carbocycles. The van der Waals surface area contributed by atoms with Gasteiger partial charge in [0, 0.05) is 29.2 Å². The minimum absolute atomic E-state index is 0.0606. The second kappa shape index (κ2) is 6.26. The molecule has 25 heavy (non-hydrogen) atoms. The number of carbonyl (C=O) groups excluding carboxylic acids is 1. The van der Waals surface area contributed by atoms with Crippen LogP contribution < -0.4 is 4.74 Å². The zero-order valence-corrected chi connectivity index (χ0v) is 14.0. The molecule has 1 aliphatic heterocycles. The van der Waals surface area contributed by atoms with E-state index >= 15 is 0 Å². The maximum Gasteiger partial charge on any atom is 0.255 e. The van der Waals surface area contributed by atoms with Crippen LogP contribution in [0.25, 0.3) is 10.9 Å². The number of nitrogens with zero attached hydrogens (tertiary/aromatic N) is 1. The molecule has 1 saturated heterocycles. The first-order chi connectivity index (χ1) is 12.2. The number of likely N-dealkylation sites (tertiary alicyclic amines) is 1. The van der Waals surface area contributed by atoms with Gasteiger partial charge in [0.1, 0.15) is 5.75 Å². The third-order valence-corrected chi connectivity index (χ3v) is 4.84. The Balaban J connectivity index is 1.72. The lowest BCUT2D eigenvalue weighted by atomic mass is 10.0. The third-order valence-electron chi connectivity index (χ3n) is 4.84. The zero-order valence-electron chi connectivity index (χ0n) is 14.0. The number of methoxy groups -OCH3 is 1. The Kier molecular flexibility index (Phi) is 3.93. The molecule has 5 nitrogen and oxygen atoms in total. The lowest BCUT2D eigenvalue weighted by molar-refractivity contribution is 0.0717. The van der Waals surface area contributed by atoms with Crippen LogP contribution in [0.2, 0.25) is 0 Å². The van der Waals surface area contributed by atoms with Crippen LogP contribution in [0.15, 0.2) is 54.7 Å². The van der Waals surface area contributed by atoms with Crippen LogP contribution in [0.3, 0.4) is 0 Å². The van der Waals surface area contributed by atoms with E-state index < -0.39 is 6.10 Å². The molecule has 0 radical (unpaired) electrons. The second-order valence-electron chi connectivity index (χ2n) is 6.38. The van der Waals surface area contributed by atoms with Gasteiger partial charge < -0.3 is 19.7 Å². The van der Waals surface area contributed by atoms with Gasteiger partial charge in [0.15, 0.2) is 0 Å². The Hall–Kier alpha value is -2.79. The lowest BCUT2D eigenvalue weighted by Gasteiger charge is -2.25. The van der Waals surface area contributed by atoms with Crippen LogP contribution >= 0.6 is 0 Å². The molecule has 2 N–H and O–H groups in total. The molecular formula is C20H20N2O3. The summed E-state index contributed by atoms with van der Waals surface area (Å²) in [5.74, 6) is 0.689. The summed E-state index contributed by atoms with van der Waals surface area (Å²) in [4.78, 5) is 18.1. The number of β-amino-alcohol motifs (C(OH)–C–C–N with tert-alkyl or cyclic N) is 1. The summed E-state index contributed by atoms with van der Waals surface area (Å²) in [7, 11) is 1.62. The molecule has 4 rings (SSSR count). The predicted molar refractivity (Wildman–Crippen MR) is 95.7 cm³/mol. The minimum Gasteiger partial charge on any atom is -0.497 e. The van der Waals surface area contributed by atoms with E-state index in [2.05, 4.69) is 4.98 Å². The summed E-state index contributed by atoms with van der Waals surface area (Å²) >= 11 is 0. The molecule has 0 bridgehead atoms. The first-order valence-corrected chi connectivity index (χ1v) is 8.36. The average molecular weight is 336 g/mol. The monoisotopic (exact) mass is 336 g/mol. The average Bonchev–Trinajstić information content (AvgIpc) is 3.27. The van der Waals surface area contributed by atoms with Crippen LogP contribution in [0, 0.1) is 0 Å². The molecule has 128 valence electrons. The largest absolute Gasteiger partial charge is 0.497 e.